The molecule has 0 saturated heterocycles. The number of nitro benzene ring substituents is 1. The van der Waals surface area contributed by atoms with Crippen LogP contribution in [-0.4, -0.2) is 37.3 Å². The predicted molar refractivity (Wildman–Crippen MR) is 113 cm³/mol. The largest absolute Gasteiger partial charge is 0.496 e. The maximum atomic E-state index is 12.1. The monoisotopic (exact) mass is 417 g/mol. The van der Waals surface area contributed by atoms with E-state index in [0.717, 1.165) is 0 Å². The summed E-state index contributed by atoms with van der Waals surface area (Å²) in [4.78, 5) is 22.7. The topological polar surface area (TPSA) is 112 Å². The lowest BCUT2D eigenvalue weighted by atomic mass is 10.2. The van der Waals surface area contributed by atoms with E-state index in [4.69, 9.17) is 26.4 Å². The van der Waals surface area contributed by atoms with Crippen LogP contribution in [0.1, 0.15) is 5.56 Å². The number of methoxy groups -OCH3 is 3. The van der Waals surface area contributed by atoms with Gasteiger partial charge in [-0.2, -0.15) is 0 Å². The summed E-state index contributed by atoms with van der Waals surface area (Å²) in [6, 6.07) is 9.41. The first-order chi connectivity index (χ1) is 13.9. The minimum absolute atomic E-state index is 0.0831. The molecule has 152 valence electrons. The molecule has 10 heteroatoms. The Morgan fingerprint density at radius 1 is 1.07 bits per heavy atom. The molecule has 0 spiro atoms. The number of benzene rings is 2. The number of nitro groups is 1. The van der Waals surface area contributed by atoms with Crippen molar-refractivity contribution in [3.05, 3.63) is 58.2 Å². The van der Waals surface area contributed by atoms with E-state index < -0.39 is 10.8 Å². The van der Waals surface area contributed by atoms with Crippen LogP contribution in [0.3, 0.4) is 0 Å². The number of carbonyl (C=O) groups is 1. The maximum Gasteiger partial charge on any atom is 0.296 e. The summed E-state index contributed by atoms with van der Waals surface area (Å²) in [7, 11) is 4.45. The van der Waals surface area contributed by atoms with Crippen molar-refractivity contribution in [2.45, 2.75) is 0 Å². The van der Waals surface area contributed by atoms with Gasteiger partial charge in [-0.1, -0.05) is 6.07 Å². The van der Waals surface area contributed by atoms with E-state index in [0.29, 0.717) is 22.8 Å². The summed E-state index contributed by atoms with van der Waals surface area (Å²) < 4.78 is 15.3. The van der Waals surface area contributed by atoms with Crippen LogP contribution < -0.4 is 24.8 Å². The molecule has 0 aromatic heterocycles. The maximum absolute atomic E-state index is 12.1. The number of amides is 1. The number of nitrogens with zero attached hydrogens (tertiary/aromatic N) is 1. The first kappa shape index (κ1) is 21.6. The summed E-state index contributed by atoms with van der Waals surface area (Å²) in [6.07, 6.45) is 2.84. The Morgan fingerprint density at radius 2 is 1.79 bits per heavy atom. The molecular formula is C19H19N3O6S. The molecule has 0 atom stereocenters. The van der Waals surface area contributed by atoms with Crippen molar-refractivity contribution >= 4 is 40.7 Å². The second kappa shape index (κ2) is 10.0. The molecule has 9 nitrogen and oxygen atoms in total. The molecular weight excluding hydrogens is 398 g/mol. The molecule has 0 unspecified atom stereocenters. The molecule has 2 aromatic carbocycles. The van der Waals surface area contributed by atoms with Crippen LogP contribution in [0.4, 0.5) is 11.4 Å². The van der Waals surface area contributed by atoms with E-state index in [1.165, 1.54) is 45.6 Å². The number of nitrogens with one attached hydrogen (secondary N) is 2. The van der Waals surface area contributed by atoms with E-state index >= 15 is 0 Å². The summed E-state index contributed by atoms with van der Waals surface area (Å²) in [5, 5.41) is 16.2. The van der Waals surface area contributed by atoms with Crippen LogP contribution in [0.2, 0.25) is 0 Å². The Morgan fingerprint density at radius 3 is 2.41 bits per heavy atom. The van der Waals surface area contributed by atoms with Crippen LogP contribution in [-0.2, 0) is 4.79 Å². The van der Waals surface area contributed by atoms with Crippen LogP contribution in [0.25, 0.3) is 6.08 Å². The van der Waals surface area contributed by atoms with Gasteiger partial charge in [0.2, 0.25) is 5.91 Å². The first-order valence-corrected chi connectivity index (χ1v) is 8.63. The Labute approximate surface area is 172 Å². The average Bonchev–Trinajstić information content (AvgIpc) is 2.71. The number of ether oxygens (including phenoxy) is 3. The summed E-state index contributed by atoms with van der Waals surface area (Å²) in [5.41, 5.74) is 0.606. The Hall–Kier alpha value is -3.66. The minimum atomic E-state index is -0.577. The lowest BCUT2D eigenvalue weighted by Crippen LogP contribution is -2.33. The highest BCUT2D eigenvalue weighted by atomic mass is 32.1. The number of thiocarbonyl (C=S) groups is 1. The Kier molecular flexibility index (Phi) is 7.49. The molecule has 0 aliphatic heterocycles. The van der Waals surface area contributed by atoms with Crippen LogP contribution in [0.5, 0.6) is 17.2 Å². The zero-order chi connectivity index (χ0) is 21.4. The smallest absolute Gasteiger partial charge is 0.296 e. The van der Waals surface area contributed by atoms with Crippen molar-refractivity contribution in [3.63, 3.8) is 0 Å². The summed E-state index contributed by atoms with van der Waals surface area (Å²) >= 11 is 5.06. The van der Waals surface area contributed by atoms with Gasteiger partial charge < -0.3 is 19.5 Å². The lowest BCUT2D eigenvalue weighted by Gasteiger charge is -2.10. The van der Waals surface area contributed by atoms with E-state index in [9.17, 15) is 14.9 Å². The second-order valence-corrected chi connectivity index (χ2v) is 5.94. The Balaban J connectivity index is 2.04. The Bertz CT molecular complexity index is 961. The van der Waals surface area contributed by atoms with Crippen LogP contribution >= 0.6 is 12.2 Å². The van der Waals surface area contributed by atoms with Gasteiger partial charge in [-0.05, 0) is 48.1 Å². The van der Waals surface area contributed by atoms with Crippen molar-refractivity contribution in [1.29, 1.82) is 0 Å². The molecule has 1 amide bonds. The third-order valence-corrected chi connectivity index (χ3v) is 3.93. The predicted octanol–water partition coefficient (Wildman–Crippen LogP) is 3.15. The SMILES string of the molecule is COc1ccc(NC(=S)NC(=O)C=Cc2ccc(OC)c(OC)c2)c([N+](=O)[O-])c1. The summed E-state index contributed by atoms with van der Waals surface area (Å²) in [6.45, 7) is 0. The van der Waals surface area contributed by atoms with Crippen molar-refractivity contribution in [3.8, 4) is 17.2 Å². The molecule has 0 heterocycles. The van der Waals surface area contributed by atoms with Gasteiger partial charge >= 0.3 is 0 Å². The zero-order valence-electron chi connectivity index (χ0n) is 15.9. The van der Waals surface area contributed by atoms with Crippen LogP contribution in [0, 0.1) is 10.1 Å². The molecule has 0 fully saturated rings. The zero-order valence-corrected chi connectivity index (χ0v) is 16.7. The second-order valence-electron chi connectivity index (χ2n) is 5.53. The van der Waals surface area contributed by atoms with Crippen molar-refractivity contribution in [2.75, 3.05) is 26.6 Å². The van der Waals surface area contributed by atoms with E-state index in [2.05, 4.69) is 10.6 Å². The van der Waals surface area contributed by atoms with Crippen molar-refractivity contribution < 1.29 is 23.9 Å². The van der Waals surface area contributed by atoms with Gasteiger partial charge in [0.15, 0.2) is 16.6 Å². The highest BCUT2D eigenvalue weighted by molar-refractivity contribution is 7.80. The van der Waals surface area contributed by atoms with Gasteiger partial charge in [0, 0.05) is 6.08 Å². The van der Waals surface area contributed by atoms with Gasteiger partial charge in [0.25, 0.3) is 5.69 Å². The van der Waals surface area contributed by atoms with Gasteiger partial charge in [-0.25, -0.2) is 0 Å². The van der Waals surface area contributed by atoms with Crippen LogP contribution in [0.15, 0.2) is 42.5 Å². The highest BCUT2D eigenvalue weighted by Gasteiger charge is 2.16. The van der Waals surface area contributed by atoms with Gasteiger partial charge in [-0.3, -0.25) is 20.2 Å². The molecule has 29 heavy (non-hydrogen) atoms. The number of anilines is 1. The molecule has 0 aliphatic carbocycles. The first-order valence-electron chi connectivity index (χ1n) is 8.22. The fourth-order valence-corrected chi connectivity index (χ4v) is 2.54. The molecule has 2 aromatic rings. The standard InChI is InChI=1S/C19H19N3O6S/c1-26-13-6-7-14(15(11-13)22(24)25)20-19(29)21-18(23)9-5-12-4-8-16(27-2)17(10-12)28-3/h4-11H,1-3H3,(H2,20,21,23,29). The molecule has 2 rings (SSSR count). The molecule has 0 bridgehead atoms. The van der Waals surface area contributed by atoms with E-state index in [-0.39, 0.29) is 16.5 Å². The van der Waals surface area contributed by atoms with E-state index in [1.54, 1.807) is 24.3 Å². The average molecular weight is 417 g/mol. The summed E-state index contributed by atoms with van der Waals surface area (Å²) in [5.74, 6) is 0.920. The third-order valence-electron chi connectivity index (χ3n) is 3.72. The quantitative estimate of drug-likeness (QED) is 0.306. The van der Waals surface area contributed by atoms with Gasteiger partial charge in [0.05, 0.1) is 32.3 Å². The fourth-order valence-electron chi connectivity index (χ4n) is 2.33. The number of rotatable bonds is 7. The van der Waals surface area contributed by atoms with Crippen molar-refractivity contribution in [2.24, 2.45) is 0 Å². The normalized spacial score (nSPS) is 10.3. The molecule has 2 N–H and O–H groups in total. The number of hydrogen-bond donors (Lipinski definition) is 2. The molecule has 0 radical (unpaired) electrons. The highest BCUT2D eigenvalue weighted by Crippen LogP contribution is 2.29. The number of hydrogen-bond acceptors (Lipinski definition) is 7. The lowest BCUT2D eigenvalue weighted by molar-refractivity contribution is -0.384. The molecule has 0 aliphatic rings. The fraction of sp³-hybridized carbons (Fsp3) is 0.158. The number of carbonyl (C=O) groups excluding carboxylic acids is 1. The van der Waals surface area contributed by atoms with E-state index in [1.807, 2.05) is 0 Å². The van der Waals surface area contributed by atoms with Gasteiger partial charge in [0.1, 0.15) is 11.4 Å². The minimum Gasteiger partial charge on any atom is -0.496 e. The molecule has 0 saturated carbocycles. The van der Waals surface area contributed by atoms with Crippen molar-refractivity contribution in [1.82, 2.24) is 5.32 Å². The van der Waals surface area contributed by atoms with Gasteiger partial charge in [-0.15, -0.1) is 0 Å². The third kappa shape index (κ3) is 5.91.